The van der Waals surface area contributed by atoms with Crippen molar-refractivity contribution in [2.24, 2.45) is 11.7 Å². The highest BCUT2D eigenvalue weighted by Gasteiger charge is 2.18. The van der Waals surface area contributed by atoms with Crippen LogP contribution in [0.25, 0.3) is 5.69 Å². The summed E-state index contributed by atoms with van der Waals surface area (Å²) < 4.78 is 1.87. The minimum absolute atomic E-state index is 0.256. The molecule has 3 N–H and O–H groups in total. The Morgan fingerprint density at radius 3 is 2.55 bits per heavy atom. The van der Waals surface area contributed by atoms with Crippen LogP contribution in [0.5, 0.6) is 5.75 Å². The average molecular weight is 300 g/mol. The number of aromatic hydroxyl groups is 1. The molecule has 0 bridgehead atoms. The van der Waals surface area contributed by atoms with Gasteiger partial charge in [-0.1, -0.05) is 37.3 Å². The van der Waals surface area contributed by atoms with Crippen molar-refractivity contribution in [1.29, 1.82) is 0 Å². The van der Waals surface area contributed by atoms with Gasteiger partial charge in [0.15, 0.2) is 0 Å². The van der Waals surface area contributed by atoms with Gasteiger partial charge in [-0.25, -0.2) is 4.68 Å². The van der Waals surface area contributed by atoms with E-state index in [1.165, 1.54) is 38.5 Å². The first kappa shape index (κ1) is 15.0. The Morgan fingerprint density at radius 1 is 1.14 bits per heavy atom. The highest BCUT2D eigenvalue weighted by atomic mass is 16.3. The number of nitrogens with two attached hydrogens (primary N) is 1. The highest BCUT2D eigenvalue weighted by molar-refractivity contribution is 5.37. The molecule has 3 rings (SSSR count). The second-order valence-corrected chi connectivity index (χ2v) is 6.16. The van der Waals surface area contributed by atoms with Crippen LogP contribution in [0.3, 0.4) is 0 Å². The van der Waals surface area contributed by atoms with Crippen molar-refractivity contribution in [2.75, 3.05) is 0 Å². The highest BCUT2D eigenvalue weighted by Crippen LogP contribution is 2.28. The molecular formula is C17H24N4O. The molecule has 0 amide bonds. The average Bonchev–Trinajstić information content (AvgIpc) is 2.97. The predicted molar refractivity (Wildman–Crippen MR) is 85.8 cm³/mol. The van der Waals surface area contributed by atoms with Gasteiger partial charge in [-0.15, -0.1) is 5.10 Å². The van der Waals surface area contributed by atoms with Gasteiger partial charge in [0.2, 0.25) is 0 Å². The van der Waals surface area contributed by atoms with Crippen LogP contribution >= 0.6 is 0 Å². The van der Waals surface area contributed by atoms with Crippen LogP contribution in [0.15, 0.2) is 24.3 Å². The monoisotopic (exact) mass is 300 g/mol. The lowest BCUT2D eigenvalue weighted by Gasteiger charge is -2.21. The van der Waals surface area contributed by atoms with Crippen LogP contribution in [0.4, 0.5) is 0 Å². The van der Waals surface area contributed by atoms with Gasteiger partial charge in [-0.2, -0.15) is 0 Å². The number of hydrogen-bond donors (Lipinski definition) is 2. The maximum absolute atomic E-state index is 9.43. The Hall–Kier alpha value is -1.88. The van der Waals surface area contributed by atoms with Gasteiger partial charge < -0.3 is 10.8 Å². The van der Waals surface area contributed by atoms with E-state index in [9.17, 15) is 5.11 Å². The van der Waals surface area contributed by atoms with E-state index in [-0.39, 0.29) is 5.75 Å². The number of rotatable bonds is 5. The Labute approximate surface area is 131 Å². The molecule has 5 nitrogen and oxygen atoms in total. The van der Waals surface area contributed by atoms with E-state index in [0.717, 1.165) is 29.4 Å². The molecule has 1 aliphatic carbocycles. The summed E-state index contributed by atoms with van der Waals surface area (Å²) in [6, 6.07) is 7.05. The van der Waals surface area contributed by atoms with Gasteiger partial charge in [0.1, 0.15) is 5.75 Å². The van der Waals surface area contributed by atoms with E-state index in [4.69, 9.17) is 5.73 Å². The predicted octanol–water partition coefficient (Wildman–Crippen LogP) is 2.94. The van der Waals surface area contributed by atoms with Crippen LogP contribution in [0.2, 0.25) is 0 Å². The van der Waals surface area contributed by atoms with Crippen LogP contribution in [-0.2, 0) is 13.0 Å². The minimum atomic E-state index is 0.256. The molecule has 2 aromatic rings. The summed E-state index contributed by atoms with van der Waals surface area (Å²) in [4.78, 5) is 0. The molecule has 1 aliphatic rings. The van der Waals surface area contributed by atoms with Crippen molar-refractivity contribution in [3.8, 4) is 11.4 Å². The van der Waals surface area contributed by atoms with E-state index >= 15 is 0 Å². The van der Waals surface area contributed by atoms with E-state index < -0.39 is 0 Å². The van der Waals surface area contributed by atoms with Crippen LogP contribution < -0.4 is 5.73 Å². The molecule has 0 saturated heterocycles. The second kappa shape index (κ2) is 6.92. The molecule has 1 aromatic carbocycles. The molecule has 1 fully saturated rings. The number of nitrogens with zero attached hydrogens (tertiary/aromatic N) is 3. The van der Waals surface area contributed by atoms with Crippen molar-refractivity contribution >= 4 is 0 Å². The van der Waals surface area contributed by atoms with Gasteiger partial charge in [0.05, 0.1) is 17.1 Å². The molecule has 1 aromatic heterocycles. The number of aromatic nitrogens is 3. The second-order valence-electron chi connectivity index (χ2n) is 6.16. The van der Waals surface area contributed by atoms with Crippen molar-refractivity contribution in [3.05, 3.63) is 35.7 Å². The van der Waals surface area contributed by atoms with Crippen LogP contribution in [0, 0.1) is 5.92 Å². The third-order valence-electron chi connectivity index (χ3n) is 4.65. The Kier molecular flexibility index (Phi) is 4.73. The zero-order valence-electron chi connectivity index (χ0n) is 12.9. The lowest BCUT2D eigenvalue weighted by molar-refractivity contribution is 0.337. The molecular weight excluding hydrogens is 276 g/mol. The Bertz CT molecular complexity index is 600. The molecule has 0 unspecified atom stereocenters. The van der Waals surface area contributed by atoms with Gasteiger partial charge in [0, 0.05) is 6.54 Å². The normalized spacial score (nSPS) is 16.0. The number of phenols is 1. The van der Waals surface area contributed by atoms with Crippen molar-refractivity contribution in [2.45, 2.75) is 51.5 Å². The first-order chi connectivity index (χ1) is 10.8. The summed E-state index contributed by atoms with van der Waals surface area (Å²) in [5.41, 5.74) is 8.73. The van der Waals surface area contributed by atoms with E-state index in [1.807, 2.05) is 16.8 Å². The van der Waals surface area contributed by atoms with Gasteiger partial charge in [-0.05, 0) is 43.0 Å². The fourth-order valence-electron chi connectivity index (χ4n) is 3.36. The molecule has 0 atom stereocenters. The zero-order chi connectivity index (χ0) is 15.4. The zero-order valence-corrected chi connectivity index (χ0v) is 12.9. The number of benzene rings is 1. The molecule has 0 radical (unpaired) electrons. The van der Waals surface area contributed by atoms with Crippen LogP contribution in [-0.4, -0.2) is 20.1 Å². The SMILES string of the molecule is NCc1nnn(-c2ccc(O)cc2)c1CCC1CCCCC1. The fourth-order valence-corrected chi connectivity index (χ4v) is 3.36. The van der Waals surface area contributed by atoms with E-state index in [1.54, 1.807) is 12.1 Å². The molecule has 0 spiro atoms. The first-order valence-corrected chi connectivity index (χ1v) is 8.21. The van der Waals surface area contributed by atoms with Crippen molar-refractivity contribution < 1.29 is 5.11 Å². The van der Waals surface area contributed by atoms with Crippen molar-refractivity contribution in [1.82, 2.24) is 15.0 Å². The molecule has 118 valence electrons. The molecule has 1 heterocycles. The number of phenolic OH excluding ortho intramolecular Hbond substituents is 1. The Morgan fingerprint density at radius 2 is 1.86 bits per heavy atom. The molecule has 5 heteroatoms. The first-order valence-electron chi connectivity index (χ1n) is 8.21. The minimum Gasteiger partial charge on any atom is -0.508 e. The lowest BCUT2D eigenvalue weighted by Crippen LogP contribution is -2.11. The lowest BCUT2D eigenvalue weighted by atomic mass is 9.85. The van der Waals surface area contributed by atoms with Crippen molar-refractivity contribution in [3.63, 3.8) is 0 Å². The van der Waals surface area contributed by atoms with Gasteiger partial charge in [-0.3, -0.25) is 0 Å². The summed E-state index contributed by atoms with van der Waals surface area (Å²) in [5, 5.41) is 17.9. The molecule has 1 saturated carbocycles. The largest absolute Gasteiger partial charge is 0.508 e. The third-order valence-corrected chi connectivity index (χ3v) is 4.65. The third kappa shape index (κ3) is 3.30. The molecule has 0 aliphatic heterocycles. The summed E-state index contributed by atoms with van der Waals surface area (Å²) in [6.07, 6.45) is 8.95. The van der Waals surface area contributed by atoms with E-state index in [2.05, 4.69) is 10.3 Å². The molecule has 22 heavy (non-hydrogen) atoms. The smallest absolute Gasteiger partial charge is 0.115 e. The summed E-state index contributed by atoms with van der Waals surface area (Å²) in [5.74, 6) is 1.08. The number of hydrogen-bond acceptors (Lipinski definition) is 4. The summed E-state index contributed by atoms with van der Waals surface area (Å²) in [6.45, 7) is 0.415. The standard InChI is InChI=1S/C17H24N4O/c18-12-16-17(11-6-13-4-2-1-3-5-13)21(20-19-16)14-7-9-15(22)10-8-14/h7-10,13,22H,1-6,11-12,18H2. The fraction of sp³-hybridized carbons (Fsp3) is 0.529. The maximum Gasteiger partial charge on any atom is 0.115 e. The Balaban J connectivity index is 1.79. The quantitative estimate of drug-likeness (QED) is 0.890. The topological polar surface area (TPSA) is 77.0 Å². The summed E-state index contributed by atoms with van der Waals surface area (Å²) in [7, 11) is 0. The van der Waals surface area contributed by atoms with Gasteiger partial charge >= 0.3 is 0 Å². The van der Waals surface area contributed by atoms with E-state index in [0.29, 0.717) is 6.54 Å². The summed E-state index contributed by atoms with van der Waals surface area (Å²) >= 11 is 0. The maximum atomic E-state index is 9.43. The van der Waals surface area contributed by atoms with Crippen LogP contribution in [0.1, 0.15) is 49.9 Å². The van der Waals surface area contributed by atoms with Gasteiger partial charge in [0.25, 0.3) is 0 Å².